The van der Waals surface area contributed by atoms with Crippen LogP contribution in [0.5, 0.6) is 0 Å². The van der Waals surface area contributed by atoms with Gasteiger partial charge in [-0.2, -0.15) is 9.95 Å². The van der Waals surface area contributed by atoms with E-state index in [0.717, 1.165) is 90.4 Å². The van der Waals surface area contributed by atoms with Crippen molar-refractivity contribution in [3.05, 3.63) is 12.3 Å². The summed E-state index contributed by atoms with van der Waals surface area (Å²) in [6.07, 6.45) is 22.2. The molecule has 52 heavy (non-hydrogen) atoms. The average molecular weight is 739 g/mol. The molecule has 0 radical (unpaired) electrons. The molecular weight excluding hydrogens is 652 g/mol. The van der Waals surface area contributed by atoms with Gasteiger partial charge in [-0.1, -0.05) is 91.6 Å². The van der Waals surface area contributed by atoms with Crippen molar-refractivity contribution in [1.29, 1.82) is 0 Å². The van der Waals surface area contributed by atoms with Crippen LogP contribution in [0.15, 0.2) is 12.3 Å². The topological polar surface area (TPSA) is 78.5 Å². The van der Waals surface area contributed by atoms with Crippen LogP contribution in [-0.2, 0) is 28.9 Å². The molecule has 2 aliphatic rings. The zero-order valence-corrected chi connectivity index (χ0v) is 36.2. The van der Waals surface area contributed by atoms with Gasteiger partial charge in [0.15, 0.2) is 0 Å². The lowest BCUT2D eigenvalue weighted by Gasteiger charge is -2.53. The van der Waals surface area contributed by atoms with Crippen LogP contribution < -0.4 is 5.32 Å². The second-order valence-electron chi connectivity index (χ2n) is 18.3. The first-order valence-corrected chi connectivity index (χ1v) is 21.5. The average Bonchev–Trinajstić information content (AvgIpc) is 3.02. The third-order valence-electron chi connectivity index (χ3n) is 10.1. The van der Waals surface area contributed by atoms with Gasteiger partial charge in [0, 0.05) is 61.1 Å². The van der Waals surface area contributed by atoms with Crippen LogP contribution in [0.3, 0.4) is 0 Å². The number of nitrogens with zero attached hydrogens (tertiary/aromatic N) is 1. The maximum absolute atomic E-state index is 12.7. The van der Waals surface area contributed by atoms with Gasteiger partial charge in [-0.25, -0.2) is 0 Å². The number of allylic oxidation sites excluding steroid dienone is 1. The molecule has 8 heteroatoms. The van der Waals surface area contributed by atoms with Crippen LogP contribution in [-0.4, -0.2) is 65.2 Å². The Morgan fingerprint density at radius 1 is 0.615 bits per heavy atom. The second-order valence-corrected chi connectivity index (χ2v) is 18.3. The fourth-order valence-electron chi connectivity index (χ4n) is 8.08. The van der Waals surface area contributed by atoms with Gasteiger partial charge in [0.05, 0.1) is 6.61 Å². The van der Waals surface area contributed by atoms with Crippen molar-refractivity contribution in [3.8, 4) is 0 Å². The quantitative estimate of drug-likeness (QED) is 0.0309. The number of hydrogen-bond acceptors (Lipinski definition) is 8. The smallest absolute Gasteiger partial charge is 0.306 e. The number of hydrogen-bond donors (Lipinski definition) is 1. The molecule has 0 saturated carbocycles. The molecule has 2 rings (SSSR count). The molecular formula is C44H86N2O6. The van der Waals surface area contributed by atoms with E-state index in [0.29, 0.717) is 12.2 Å². The molecule has 0 amide bonds. The summed E-state index contributed by atoms with van der Waals surface area (Å²) in [5, 5.41) is 5.84. The SMILES string of the molecule is C=C(CCCCCCCC(=O)OC1CC(C)(C)N(OCCCCCCCC)C(C)(C)C1)OOC1CC(C)(C)NC(C)(C)C1.CCCCOCCCC. The third kappa shape index (κ3) is 22.3. The van der Waals surface area contributed by atoms with Crippen LogP contribution in [0.25, 0.3) is 0 Å². The van der Waals surface area contributed by atoms with Crippen molar-refractivity contribution >= 4 is 5.97 Å². The van der Waals surface area contributed by atoms with E-state index in [4.69, 9.17) is 24.1 Å². The van der Waals surface area contributed by atoms with Crippen molar-refractivity contribution < 1.29 is 28.9 Å². The lowest BCUT2D eigenvalue weighted by molar-refractivity contribution is -0.307. The highest BCUT2D eigenvalue weighted by Gasteiger charge is 2.47. The Kier molecular flexibility index (Phi) is 24.2. The fourth-order valence-corrected chi connectivity index (χ4v) is 8.08. The van der Waals surface area contributed by atoms with Gasteiger partial charge in [-0.05, 0) is 100 Å². The first-order chi connectivity index (χ1) is 24.5. The molecule has 2 heterocycles. The van der Waals surface area contributed by atoms with Gasteiger partial charge < -0.3 is 19.7 Å². The Bertz CT molecular complexity index is 909. The zero-order chi connectivity index (χ0) is 39.1. The van der Waals surface area contributed by atoms with Gasteiger partial charge in [0.25, 0.3) is 0 Å². The minimum absolute atomic E-state index is 0.0238. The van der Waals surface area contributed by atoms with E-state index in [1.165, 1.54) is 57.8 Å². The van der Waals surface area contributed by atoms with Crippen molar-refractivity contribution in [2.24, 2.45) is 0 Å². The van der Waals surface area contributed by atoms with E-state index in [1.807, 2.05) is 0 Å². The summed E-state index contributed by atoms with van der Waals surface area (Å²) >= 11 is 0. The van der Waals surface area contributed by atoms with Crippen LogP contribution >= 0.6 is 0 Å². The second kappa shape index (κ2) is 25.8. The van der Waals surface area contributed by atoms with Crippen molar-refractivity contribution in [3.63, 3.8) is 0 Å². The molecule has 1 N–H and O–H groups in total. The van der Waals surface area contributed by atoms with Crippen LogP contribution in [0.4, 0.5) is 0 Å². The number of piperidine rings is 2. The minimum atomic E-state index is -0.186. The molecule has 2 aliphatic heterocycles. The molecule has 0 aromatic heterocycles. The minimum Gasteiger partial charge on any atom is -0.462 e. The Morgan fingerprint density at radius 2 is 1.10 bits per heavy atom. The summed E-state index contributed by atoms with van der Waals surface area (Å²) < 4.78 is 11.3. The first kappa shape index (κ1) is 48.8. The molecule has 0 unspecified atom stereocenters. The standard InChI is InChI=1S/C36H68N2O5.C8H18O/c1-11-12-13-14-18-21-24-40-38-35(7,8)27-30(28-36(38,9)10)41-32(39)23-20-17-15-16-19-22-29(2)42-43-31-25-33(3,4)37-34(5,6)26-31;1-3-5-7-9-8-6-4-2/h30-31,37H,2,11-28H2,1,3-10H3;3-8H2,1-2H3. The van der Waals surface area contributed by atoms with E-state index in [9.17, 15) is 4.79 Å². The lowest BCUT2D eigenvalue weighted by Crippen LogP contribution is -2.62. The van der Waals surface area contributed by atoms with E-state index in [-0.39, 0.29) is 40.3 Å². The molecule has 8 nitrogen and oxygen atoms in total. The normalized spacial score (nSPS) is 19.8. The third-order valence-corrected chi connectivity index (χ3v) is 10.1. The van der Waals surface area contributed by atoms with Crippen molar-refractivity contribution in [2.75, 3.05) is 19.8 Å². The number of rotatable bonds is 26. The van der Waals surface area contributed by atoms with E-state index < -0.39 is 0 Å². The van der Waals surface area contributed by atoms with Gasteiger partial charge in [0.2, 0.25) is 0 Å². The highest BCUT2D eigenvalue weighted by Crippen LogP contribution is 2.40. The molecule has 2 fully saturated rings. The number of hydroxylamine groups is 2. The molecule has 308 valence electrons. The van der Waals surface area contributed by atoms with Gasteiger partial charge >= 0.3 is 5.97 Å². The maximum atomic E-state index is 12.7. The molecule has 0 bridgehead atoms. The number of nitrogens with one attached hydrogen (secondary N) is 1. The van der Waals surface area contributed by atoms with Crippen molar-refractivity contribution in [2.45, 2.75) is 245 Å². The monoisotopic (exact) mass is 739 g/mol. The fraction of sp³-hybridized carbons (Fsp3) is 0.932. The number of carbonyl (C=O) groups is 1. The van der Waals surface area contributed by atoms with Gasteiger partial charge in [-0.3, -0.25) is 9.63 Å². The predicted molar refractivity (Wildman–Crippen MR) is 217 cm³/mol. The number of carbonyl (C=O) groups excluding carboxylic acids is 1. The summed E-state index contributed by atoms with van der Waals surface area (Å²) in [4.78, 5) is 30.4. The number of esters is 1. The summed E-state index contributed by atoms with van der Waals surface area (Å²) in [5.74, 6) is 0.628. The summed E-state index contributed by atoms with van der Waals surface area (Å²) in [5.41, 5.74) is -0.325. The molecule has 0 spiro atoms. The first-order valence-electron chi connectivity index (χ1n) is 21.5. The molecule has 0 aromatic rings. The molecule has 0 aromatic carbocycles. The lowest BCUT2D eigenvalue weighted by atomic mass is 9.80. The summed E-state index contributed by atoms with van der Waals surface area (Å²) in [7, 11) is 0. The Labute approximate surface area is 322 Å². The highest BCUT2D eigenvalue weighted by atomic mass is 17.2. The Balaban J connectivity index is 0.00000132. The summed E-state index contributed by atoms with van der Waals surface area (Å²) in [6.45, 7) is 31.0. The Hall–Kier alpha value is -1.19. The van der Waals surface area contributed by atoms with E-state index in [2.05, 4.69) is 93.1 Å². The largest absolute Gasteiger partial charge is 0.462 e. The van der Waals surface area contributed by atoms with Crippen LogP contribution in [0.1, 0.15) is 211 Å². The van der Waals surface area contributed by atoms with Gasteiger partial charge in [-0.15, -0.1) is 0 Å². The van der Waals surface area contributed by atoms with Crippen LogP contribution in [0.2, 0.25) is 0 Å². The molecule has 0 aliphatic carbocycles. The zero-order valence-electron chi connectivity index (χ0n) is 36.2. The summed E-state index contributed by atoms with van der Waals surface area (Å²) in [6, 6.07) is 0. The molecule has 2 saturated heterocycles. The number of ether oxygens (including phenoxy) is 2. The molecule has 0 atom stereocenters. The van der Waals surface area contributed by atoms with E-state index in [1.54, 1.807) is 0 Å². The van der Waals surface area contributed by atoms with Crippen LogP contribution in [0, 0.1) is 0 Å². The number of unbranched alkanes of at least 4 members (excludes halogenated alkanes) is 11. The maximum Gasteiger partial charge on any atom is 0.306 e. The predicted octanol–water partition coefficient (Wildman–Crippen LogP) is 11.9. The van der Waals surface area contributed by atoms with Crippen molar-refractivity contribution in [1.82, 2.24) is 10.4 Å². The van der Waals surface area contributed by atoms with E-state index >= 15 is 0 Å². The van der Waals surface area contributed by atoms with Gasteiger partial charge in [0.1, 0.15) is 18.0 Å². The highest BCUT2D eigenvalue weighted by molar-refractivity contribution is 5.69. The Morgan fingerprint density at radius 3 is 1.63 bits per heavy atom.